The minimum Gasteiger partial charge on any atom is -0.391 e. The summed E-state index contributed by atoms with van der Waals surface area (Å²) >= 11 is 3.38. The van der Waals surface area contributed by atoms with Crippen LogP contribution in [0.2, 0.25) is 0 Å². The molecule has 0 bridgehead atoms. The van der Waals surface area contributed by atoms with Crippen molar-refractivity contribution in [3.8, 4) is 0 Å². The van der Waals surface area contributed by atoms with Gasteiger partial charge in [0, 0.05) is 13.1 Å². The van der Waals surface area contributed by atoms with Gasteiger partial charge < -0.3 is 10.4 Å². The molecule has 0 amide bonds. The Morgan fingerprint density at radius 3 is 2.62 bits per heavy atom. The first kappa shape index (κ1) is 10.5. The smallest absolute Gasteiger partial charge is 0.126 e. The summed E-state index contributed by atoms with van der Waals surface area (Å²) in [7, 11) is 1.85. The van der Waals surface area contributed by atoms with E-state index in [0.29, 0.717) is 0 Å². The number of aliphatic hydroxyl groups is 1. The molecule has 74 valence electrons. The topological polar surface area (TPSA) is 50.1 Å². The molecule has 0 aliphatic heterocycles. The third kappa shape index (κ3) is 2.45. The molecule has 4 nitrogen and oxygen atoms in total. The highest BCUT2D eigenvalue weighted by Gasteiger charge is 2.11. The van der Waals surface area contributed by atoms with Crippen LogP contribution in [0.4, 0.5) is 5.69 Å². The molecule has 2 unspecified atom stereocenters. The lowest BCUT2D eigenvalue weighted by Gasteiger charge is -2.16. The second-order valence-corrected chi connectivity index (χ2v) is 3.90. The van der Waals surface area contributed by atoms with Crippen molar-refractivity contribution in [2.45, 2.75) is 26.0 Å². The number of aromatic nitrogens is 2. The lowest BCUT2D eigenvalue weighted by molar-refractivity contribution is 0.178. The first-order valence-electron chi connectivity index (χ1n) is 4.14. The monoisotopic (exact) mass is 247 g/mol. The number of nitrogens with one attached hydrogen (secondary N) is 1. The van der Waals surface area contributed by atoms with Gasteiger partial charge in [-0.25, -0.2) is 0 Å². The Labute approximate surface area is 86.1 Å². The molecule has 1 heterocycles. The number of aliphatic hydroxyl groups excluding tert-OH is 1. The Hall–Kier alpha value is -0.550. The van der Waals surface area contributed by atoms with Crippen molar-refractivity contribution in [2.75, 3.05) is 5.32 Å². The quantitative estimate of drug-likeness (QED) is 0.849. The lowest BCUT2D eigenvalue weighted by atomic mass is 10.2. The molecule has 13 heavy (non-hydrogen) atoms. The summed E-state index contributed by atoms with van der Waals surface area (Å²) in [6.45, 7) is 3.67. The average molecular weight is 248 g/mol. The Kier molecular flexibility index (Phi) is 3.33. The number of nitrogens with zero attached hydrogens (tertiary/aromatic N) is 2. The van der Waals surface area contributed by atoms with Gasteiger partial charge in [0.15, 0.2) is 0 Å². The van der Waals surface area contributed by atoms with Crippen molar-refractivity contribution in [3.63, 3.8) is 0 Å². The molecule has 1 rings (SSSR count). The largest absolute Gasteiger partial charge is 0.391 e. The van der Waals surface area contributed by atoms with Crippen molar-refractivity contribution in [1.29, 1.82) is 0 Å². The van der Waals surface area contributed by atoms with E-state index in [0.717, 1.165) is 10.3 Å². The highest BCUT2D eigenvalue weighted by atomic mass is 79.9. The normalized spacial score (nSPS) is 15.5. The fraction of sp³-hybridized carbons (Fsp3) is 0.625. The Morgan fingerprint density at radius 1 is 1.62 bits per heavy atom. The van der Waals surface area contributed by atoms with Crippen LogP contribution in [0.5, 0.6) is 0 Å². The minimum absolute atomic E-state index is 0.0144. The lowest BCUT2D eigenvalue weighted by Crippen LogP contribution is -2.27. The summed E-state index contributed by atoms with van der Waals surface area (Å²) in [5.41, 5.74) is 0.899. The molecule has 1 aromatic rings. The molecular weight excluding hydrogens is 234 g/mol. The first-order chi connectivity index (χ1) is 6.02. The SMILES string of the molecule is CC(O)C(C)Nc1cnn(C)c1Br. The average Bonchev–Trinajstić information content (AvgIpc) is 2.36. The molecule has 0 radical (unpaired) electrons. The maximum Gasteiger partial charge on any atom is 0.126 e. The predicted octanol–water partition coefficient (Wildman–Crippen LogP) is 1.36. The van der Waals surface area contributed by atoms with Gasteiger partial charge >= 0.3 is 0 Å². The second kappa shape index (κ2) is 4.11. The Bertz CT molecular complexity index is 285. The molecule has 0 aliphatic rings. The highest BCUT2D eigenvalue weighted by molar-refractivity contribution is 9.10. The summed E-state index contributed by atoms with van der Waals surface area (Å²) in [6, 6.07) is 0.0144. The molecule has 1 aromatic heterocycles. The highest BCUT2D eigenvalue weighted by Crippen LogP contribution is 2.21. The first-order valence-corrected chi connectivity index (χ1v) is 4.93. The minimum atomic E-state index is -0.382. The summed E-state index contributed by atoms with van der Waals surface area (Å²) in [6.07, 6.45) is 1.34. The molecular formula is C8H14BrN3O. The van der Waals surface area contributed by atoms with Crippen LogP contribution in [0.25, 0.3) is 0 Å². The van der Waals surface area contributed by atoms with E-state index in [-0.39, 0.29) is 12.1 Å². The fourth-order valence-corrected chi connectivity index (χ4v) is 1.19. The van der Waals surface area contributed by atoms with Gasteiger partial charge in [0.2, 0.25) is 0 Å². The van der Waals surface area contributed by atoms with Crippen molar-refractivity contribution < 1.29 is 5.11 Å². The molecule has 0 saturated heterocycles. The third-order valence-corrected chi connectivity index (χ3v) is 2.91. The van der Waals surface area contributed by atoms with Crippen LogP contribution in [0.15, 0.2) is 10.8 Å². The summed E-state index contributed by atoms with van der Waals surface area (Å²) < 4.78 is 2.61. The Balaban J connectivity index is 2.69. The van der Waals surface area contributed by atoms with Crippen LogP contribution in [0.3, 0.4) is 0 Å². The molecule has 0 aromatic carbocycles. The van der Waals surface area contributed by atoms with Crippen LogP contribution in [0.1, 0.15) is 13.8 Å². The van der Waals surface area contributed by atoms with Gasteiger partial charge in [0.05, 0.1) is 18.0 Å². The number of rotatable bonds is 3. The number of halogens is 1. The van der Waals surface area contributed by atoms with Crippen molar-refractivity contribution in [2.24, 2.45) is 7.05 Å². The van der Waals surface area contributed by atoms with Crippen LogP contribution in [0, 0.1) is 0 Å². The maximum atomic E-state index is 9.27. The van der Waals surface area contributed by atoms with E-state index in [1.165, 1.54) is 0 Å². The molecule has 0 aliphatic carbocycles. The summed E-state index contributed by atoms with van der Waals surface area (Å²) in [5, 5.41) is 16.5. The van der Waals surface area contributed by atoms with E-state index in [1.54, 1.807) is 17.8 Å². The van der Waals surface area contributed by atoms with E-state index >= 15 is 0 Å². The molecule has 5 heteroatoms. The molecule has 2 atom stereocenters. The van der Waals surface area contributed by atoms with Crippen molar-refractivity contribution >= 4 is 21.6 Å². The summed E-state index contributed by atoms with van der Waals surface area (Å²) in [4.78, 5) is 0. The van der Waals surface area contributed by atoms with Crippen LogP contribution >= 0.6 is 15.9 Å². The van der Waals surface area contributed by atoms with Crippen molar-refractivity contribution in [3.05, 3.63) is 10.8 Å². The van der Waals surface area contributed by atoms with Crippen LogP contribution in [-0.2, 0) is 7.05 Å². The van der Waals surface area contributed by atoms with E-state index in [4.69, 9.17) is 0 Å². The van der Waals surface area contributed by atoms with Gasteiger partial charge in [-0.1, -0.05) is 0 Å². The van der Waals surface area contributed by atoms with E-state index in [1.807, 2.05) is 14.0 Å². The Morgan fingerprint density at radius 2 is 2.23 bits per heavy atom. The fourth-order valence-electron chi connectivity index (χ4n) is 0.885. The van der Waals surface area contributed by atoms with Crippen LogP contribution in [-0.4, -0.2) is 27.0 Å². The molecule has 0 spiro atoms. The summed E-state index contributed by atoms with van der Waals surface area (Å²) in [5.74, 6) is 0. The number of hydrogen-bond donors (Lipinski definition) is 2. The number of aryl methyl sites for hydroxylation is 1. The van der Waals surface area contributed by atoms with E-state index in [9.17, 15) is 5.11 Å². The molecule has 2 N–H and O–H groups in total. The number of anilines is 1. The second-order valence-electron chi connectivity index (χ2n) is 3.15. The zero-order chi connectivity index (χ0) is 10.0. The third-order valence-electron chi connectivity index (χ3n) is 1.97. The van der Waals surface area contributed by atoms with Gasteiger partial charge in [0.25, 0.3) is 0 Å². The molecule has 0 saturated carbocycles. The van der Waals surface area contributed by atoms with Crippen molar-refractivity contribution in [1.82, 2.24) is 9.78 Å². The van der Waals surface area contributed by atoms with Gasteiger partial charge in [-0.2, -0.15) is 5.10 Å². The van der Waals surface area contributed by atoms with E-state index < -0.39 is 0 Å². The zero-order valence-corrected chi connectivity index (χ0v) is 9.54. The van der Waals surface area contributed by atoms with Gasteiger partial charge in [-0.3, -0.25) is 4.68 Å². The van der Waals surface area contributed by atoms with Crippen LogP contribution < -0.4 is 5.32 Å². The van der Waals surface area contributed by atoms with Gasteiger partial charge in [-0.05, 0) is 29.8 Å². The predicted molar refractivity (Wildman–Crippen MR) is 55.7 cm³/mol. The van der Waals surface area contributed by atoms with E-state index in [2.05, 4.69) is 26.3 Å². The maximum absolute atomic E-state index is 9.27. The molecule has 0 fully saturated rings. The number of hydrogen-bond acceptors (Lipinski definition) is 3. The standard InChI is InChI=1S/C8H14BrN3O/c1-5(6(2)13)11-7-4-10-12(3)8(7)9/h4-6,11,13H,1-3H3. The van der Waals surface area contributed by atoms with Gasteiger partial charge in [-0.15, -0.1) is 0 Å². The van der Waals surface area contributed by atoms with Gasteiger partial charge in [0.1, 0.15) is 4.60 Å². The zero-order valence-electron chi connectivity index (χ0n) is 7.95.